The van der Waals surface area contributed by atoms with Crippen LogP contribution in [0.2, 0.25) is 0 Å². The summed E-state index contributed by atoms with van der Waals surface area (Å²) in [4.78, 5) is 16.4. The molecule has 2 amide bonds. The minimum Gasteiger partial charge on any atom is -0.392 e. The minimum atomic E-state index is -0.320. The third-order valence-corrected chi connectivity index (χ3v) is 4.37. The Bertz CT molecular complexity index is 332. The molecule has 6 heteroatoms. The highest BCUT2D eigenvalue weighted by Gasteiger charge is 2.29. The number of amides is 2. The smallest absolute Gasteiger partial charge is 0.317 e. The molecular weight excluding hydrogens is 270 g/mol. The predicted octanol–water partition coefficient (Wildman–Crippen LogP) is 0.652. The van der Waals surface area contributed by atoms with E-state index in [1.807, 2.05) is 11.8 Å². The molecule has 0 aromatic carbocycles. The SMILES string of the molecule is CCC1CN(C(=O)NCC2CCCO2)CCN1CC(C)O. The van der Waals surface area contributed by atoms with E-state index in [0.29, 0.717) is 19.1 Å². The van der Waals surface area contributed by atoms with E-state index in [4.69, 9.17) is 4.74 Å². The molecule has 0 bridgehead atoms. The van der Waals surface area contributed by atoms with E-state index in [1.54, 1.807) is 0 Å². The molecule has 3 atom stereocenters. The molecule has 2 N–H and O–H groups in total. The monoisotopic (exact) mass is 299 g/mol. The number of hydrogen-bond donors (Lipinski definition) is 2. The first-order valence-corrected chi connectivity index (χ1v) is 8.16. The lowest BCUT2D eigenvalue weighted by molar-refractivity contribution is 0.0471. The van der Waals surface area contributed by atoms with Crippen LogP contribution in [0, 0.1) is 0 Å². The van der Waals surface area contributed by atoms with E-state index in [0.717, 1.165) is 45.5 Å². The zero-order chi connectivity index (χ0) is 15.2. The number of urea groups is 1. The Balaban J connectivity index is 1.77. The number of aliphatic hydroxyl groups is 1. The fourth-order valence-electron chi connectivity index (χ4n) is 3.16. The average Bonchev–Trinajstić information content (AvgIpc) is 2.98. The van der Waals surface area contributed by atoms with Gasteiger partial charge in [-0.1, -0.05) is 6.92 Å². The molecule has 122 valence electrons. The number of carbonyl (C=O) groups excluding carboxylic acids is 1. The van der Waals surface area contributed by atoms with Crippen LogP contribution >= 0.6 is 0 Å². The summed E-state index contributed by atoms with van der Waals surface area (Å²) in [6, 6.07) is 0.350. The third-order valence-electron chi connectivity index (χ3n) is 4.37. The van der Waals surface area contributed by atoms with E-state index in [9.17, 15) is 9.90 Å². The zero-order valence-electron chi connectivity index (χ0n) is 13.3. The maximum Gasteiger partial charge on any atom is 0.317 e. The first-order chi connectivity index (χ1) is 10.1. The van der Waals surface area contributed by atoms with Crippen LogP contribution in [-0.4, -0.2) is 78.5 Å². The highest BCUT2D eigenvalue weighted by molar-refractivity contribution is 5.74. The second-order valence-electron chi connectivity index (χ2n) is 6.17. The molecule has 2 aliphatic rings. The molecule has 0 spiro atoms. The molecule has 0 aromatic heterocycles. The van der Waals surface area contributed by atoms with Crippen LogP contribution in [0.25, 0.3) is 0 Å². The molecule has 0 aromatic rings. The molecule has 3 unspecified atom stereocenters. The fraction of sp³-hybridized carbons (Fsp3) is 0.933. The number of nitrogens with zero attached hydrogens (tertiary/aromatic N) is 2. The molecule has 2 fully saturated rings. The molecule has 0 saturated carbocycles. The Kier molecular flexibility index (Phi) is 6.26. The Morgan fingerprint density at radius 2 is 2.29 bits per heavy atom. The van der Waals surface area contributed by atoms with Crippen LogP contribution in [0.4, 0.5) is 4.79 Å². The highest BCUT2D eigenvalue weighted by Crippen LogP contribution is 2.14. The van der Waals surface area contributed by atoms with Gasteiger partial charge in [0.1, 0.15) is 0 Å². The summed E-state index contributed by atoms with van der Waals surface area (Å²) in [6.07, 6.45) is 2.99. The fourth-order valence-corrected chi connectivity index (χ4v) is 3.16. The largest absolute Gasteiger partial charge is 0.392 e. The van der Waals surface area contributed by atoms with Crippen molar-refractivity contribution in [3.63, 3.8) is 0 Å². The lowest BCUT2D eigenvalue weighted by Gasteiger charge is -2.41. The molecule has 2 heterocycles. The summed E-state index contributed by atoms with van der Waals surface area (Å²) in [7, 11) is 0. The van der Waals surface area contributed by atoms with E-state index in [-0.39, 0.29) is 18.2 Å². The van der Waals surface area contributed by atoms with Crippen molar-refractivity contribution in [3.05, 3.63) is 0 Å². The van der Waals surface area contributed by atoms with Crippen molar-refractivity contribution < 1.29 is 14.6 Å². The summed E-state index contributed by atoms with van der Waals surface area (Å²) in [5, 5.41) is 12.5. The summed E-state index contributed by atoms with van der Waals surface area (Å²) < 4.78 is 5.52. The Labute approximate surface area is 127 Å². The van der Waals surface area contributed by atoms with E-state index >= 15 is 0 Å². The summed E-state index contributed by atoms with van der Waals surface area (Å²) in [6.45, 7) is 8.35. The van der Waals surface area contributed by atoms with Gasteiger partial charge in [-0.25, -0.2) is 4.79 Å². The number of β-amino-alcohol motifs (C(OH)–C–C–N with tert-alkyl or cyclic N) is 1. The quantitative estimate of drug-likeness (QED) is 0.782. The van der Waals surface area contributed by atoms with Crippen LogP contribution < -0.4 is 5.32 Å². The van der Waals surface area contributed by atoms with Crippen molar-refractivity contribution in [1.29, 1.82) is 0 Å². The summed E-state index contributed by atoms with van der Waals surface area (Å²) >= 11 is 0. The first-order valence-electron chi connectivity index (χ1n) is 8.16. The number of carbonyl (C=O) groups is 1. The predicted molar refractivity (Wildman–Crippen MR) is 81.3 cm³/mol. The Hall–Kier alpha value is -0.850. The van der Waals surface area contributed by atoms with Gasteiger partial charge in [-0.3, -0.25) is 4.90 Å². The molecular formula is C15H29N3O3. The number of aliphatic hydroxyl groups excluding tert-OH is 1. The number of piperazine rings is 1. The number of nitrogens with one attached hydrogen (secondary N) is 1. The maximum absolute atomic E-state index is 12.2. The van der Waals surface area contributed by atoms with Gasteiger partial charge < -0.3 is 20.1 Å². The van der Waals surface area contributed by atoms with Gasteiger partial charge in [0.15, 0.2) is 0 Å². The normalized spacial score (nSPS) is 28.6. The topological polar surface area (TPSA) is 65.0 Å². The molecule has 0 aliphatic carbocycles. The number of rotatable bonds is 5. The second-order valence-corrected chi connectivity index (χ2v) is 6.17. The van der Waals surface area contributed by atoms with Crippen molar-refractivity contribution in [2.24, 2.45) is 0 Å². The van der Waals surface area contributed by atoms with E-state index in [2.05, 4.69) is 17.1 Å². The van der Waals surface area contributed by atoms with Gasteiger partial charge >= 0.3 is 6.03 Å². The van der Waals surface area contributed by atoms with Gasteiger partial charge in [-0.2, -0.15) is 0 Å². The standard InChI is InChI=1S/C15H29N3O3/c1-3-13-11-18(7-6-17(13)10-12(2)19)15(20)16-9-14-5-4-8-21-14/h12-14,19H,3-11H2,1-2H3,(H,16,20). The third kappa shape index (κ3) is 4.83. The van der Waals surface area contributed by atoms with Crippen LogP contribution in [0.5, 0.6) is 0 Å². The minimum absolute atomic E-state index is 0.0145. The Morgan fingerprint density at radius 1 is 1.48 bits per heavy atom. The van der Waals surface area contributed by atoms with Gasteiger partial charge in [-0.15, -0.1) is 0 Å². The average molecular weight is 299 g/mol. The Morgan fingerprint density at radius 3 is 2.90 bits per heavy atom. The lowest BCUT2D eigenvalue weighted by atomic mass is 10.1. The molecule has 2 aliphatic heterocycles. The first kappa shape index (κ1) is 16.5. The van der Waals surface area contributed by atoms with E-state index < -0.39 is 0 Å². The van der Waals surface area contributed by atoms with Crippen LogP contribution in [0.1, 0.15) is 33.1 Å². The van der Waals surface area contributed by atoms with Gasteiger partial charge in [-0.05, 0) is 26.2 Å². The van der Waals surface area contributed by atoms with Crippen molar-refractivity contribution in [1.82, 2.24) is 15.1 Å². The van der Waals surface area contributed by atoms with Crippen LogP contribution in [-0.2, 0) is 4.74 Å². The maximum atomic E-state index is 12.2. The van der Waals surface area contributed by atoms with Crippen molar-refractivity contribution in [3.8, 4) is 0 Å². The van der Waals surface area contributed by atoms with Crippen LogP contribution in [0.3, 0.4) is 0 Å². The highest BCUT2D eigenvalue weighted by atomic mass is 16.5. The lowest BCUT2D eigenvalue weighted by Crippen LogP contribution is -2.58. The van der Waals surface area contributed by atoms with Crippen molar-refractivity contribution in [2.75, 3.05) is 39.3 Å². The molecule has 0 radical (unpaired) electrons. The van der Waals surface area contributed by atoms with Gasteiger partial charge in [0.05, 0.1) is 12.2 Å². The number of hydrogen-bond acceptors (Lipinski definition) is 4. The van der Waals surface area contributed by atoms with Crippen molar-refractivity contribution in [2.45, 2.75) is 51.4 Å². The van der Waals surface area contributed by atoms with Gasteiger partial charge in [0.2, 0.25) is 0 Å². The molecule has 2 rings (SSSR count). The van der Waals surface area contributed by atoms with Crippen molar-refractivity contribution >= 4 is 6.03 Å². The zero-order valence-corrected chi connectivity index (χ0v) is 13.3. The molecule has 6 nitrogen and oxygen atoms in total. The molecule has 2 saturated heterocycles. The second kappa shape index (κ2) is 7.96. The van der Waals surface area contributed by atoms with Crippen LogP contribution in [0.15, 0.2) is 0 Å². The summed E-state index contributed by atoms with van der Waals surface area (Å²) in [5.41, 5.74) is 0. The summed E-state index contributed by atoms with van der Waals surface area (Å²) in [5.74, 6) is 0. The number of ether oxygens (including phenoxy) is 1. The molecule has 21 heavy (non-hydrogen) atoms. The van der Waals surface area contributed by atoms with Gasteiger partial charge in [0.25, 0.3) is 0 Å². The van der Waals surface area contributed by atoms with Gasteiger partial charge in [0, 0.05) is 45.4 Å². The van der Waals surface area contributed by atoms with E-state index in [1.165, 1.54) is 0 Å².